The number of ether oxygens (including phenoxy) is 6. The molecule has 0 N–H and O–H groups in total. The number of aryl methyl sites for hydroxylation is 2. The van der Waals surface area contributed by atoms with Crippen molar-refractivity contribution in [3.05, 3.63) is 34.4 Å². The standard InChI is InChI=1S/C27H38O8S2/c1-15-9-18-13-36-27(24(29)30-8,37-14-19(18)10-16(15)2)11-20-23(35-26(6,7)33-20)22(32-17(3)28)21-12-31-25(4,5)34-21/h9-10,20-23H,11-14H2,1-8H3/t20-,21-,22-,23-/m1/s1. The van der Waals surface area contributed by atoms with Crippen molar-refractivity contribution in [2.75, 3.05) is 13.7 Å². The number of hydrogen-bond acceptors (Lipinski definition) is 10. The average molecular weight is 555 g/mol. The van der Waals surface area contributed by atoms with Crippen LogP contribution in [0.4, 0.5) is 0 Å². The first kappa shape index (κ1) is 28.7. The summed E-state index contributed by atoms with van der Waals surface area (Å²) >= 11 is 3.11. The minimum Gasteiger partial charge on any atom is -0.467 e. The molecule has 0 saturated carbocycles. The largest absolute Gasteiger partial charge is 0.467 e. The van der Waals surface area contributed by atoms with Gasteiger partial charge in [0, 0.05) is 24.9 Å². The first-order chi connectivity index (χ1) is 17.2. The molecular weight excluding hydrogens is 516 g/mol. The van der Waals surface area contributed by atoms with E-state index in [1.54, 1.807) is 23.5 Å². The van der Waals surface area contributed by atoms with Crippen molar-refractivity contribution in [3.63, 3.8) is 0 Å². The second-order valence-electron chi connectivity index (χ2n) is 10.8. The summed E-state index contributed by atoms with van der Waals surface area (Å²) in [6.07, 6.45) is -2.23. The Kier molecular flexibility index (Phi) is 8.30. The third kappa shape index (κ3) is 6.31. The van der Waals surface area contributed by atoms with Crippen molar-refractivity contribution in [2.45, 2.75) is 106 Å². The molecular formula is C27H38O8S2. The number of benzene rings is 1. The molecule has 1 aromatic rings. The van der Waals surface area contributed by atoms with Gasteiger partial charge in [0.15, 0.2) is 21.8 Å². The highest BCUT2D eigenvalue weighted by molar-refractivity contribution is 8.18. The molecule has 1 aromatic carbocycles. The van der Waals surface area contributed by atoms with Crippen LogP contribution in [0.3, 0.4) is 0 Å². The number of esters is 2. The third-order valence-corrected chi connectivity index (χ3v) is 10.2. The van der Waals surface area contributed by atoms with Crippen LogP contribution in [0.15, 0.2) is 12.1 Å². The summed E-state index contributed by atoms with van der Waals surface area (Å²) in [5.74, 6) is -1.19. The lowest BCUT2D eigenvalue weighted by Gasteiger charge is -2.34. The summed E-state index contributed by atoms with van der Waals surface area (Å²) in [7, 11) is 1.42. The van der Waals surface area contributed by atoms with Crippen molar-refractivity contribution in [1.82, 2.24) is 0 Å². The van der Waals surface area contributed by atoms with E-state index in [2.05, 4.69) is 26.0 Å². The molecule has 0 radical (unpaired) electrons. The molecule has 206 valence electrons. The first-order valence-electron chi connectivity index (χ1n) is 12.5. The second kappa shape index (κ2) is 10.7. The monoisotopic (exact) mass is 554 g/mol. The molecule has 37 heavy (non-hydrogen) atoms. The first-order valence-corrected chi connectivity index (χ1v) is 14.5. The Morgan fingerprint density at radius 2 is 1.59 bits per heavy atom. The molecule has 3 aliphatic rings. The van der Waals surface area contributed by atoms with E-state index in [0.29, 0.717) is 17.9 Å². The fraction of sp³-hybridized carbons (Fsp3) is 0.704. The zero-order chi connectivity index (χ0) is 27.2. The van der Waals surface area contributed by atoms with Crippen LogP contribution in [0.5, 0.6) is 0 Å². The normalized spacial score (nSPS) is 28.7. The zero-order valence-electron chi connectivity index (χ0n) is 22.9. The molecule has 3 heterocycles. The van der Waals surface area contributed by atoms with Crippen LogP contribution in [-0.4, -0.2) is 65.7 Å². The quantitative estimate of drug-likeness (QED) is 0.463. The van der Waals surface area contributed by atoms with E-state index >= 15 is 0 Å². The Morgan fingerprint density at radius 1 is 1.00 bits per heavy atom. The van der Waals surface area contributed by atoms with Gasteiger partial charge >= 0.3 is 11.9 Å². The van der Waals surface area contributed by atoms with Gasteiger partial charge in [-0.2, -0.15) is 0 Å². The van der Waals surface area contributed by atoms with Crippen LogP contribution in [0.2, 0.25) is 0 Å². The van der Waals surface area contributed by atoms with Crippen LogP contribution in [-0.2, 0) is 49.5 Å². The summed E-state index contributed by atoms with van der Waals surface area (Å²) < 4.78 is 34.7. The number of hydrogen-bond donors (Lipinski definition) is 0. The van der Waals surface area contributed by atoms with Gasteiger partial charge < -0.3 is 28.4 Å². The molecule has 0 unspecified atom stereocenters. The molecule has 0 amide bonds. The second-order valence-corrected chi connectivity index (χ2v) is 13.6. The van der Waals surface area contributed by atoms with Crippen molar-refractivity contribution < 1.29 is 38.0 Å². The SMILES string of the molecule is COC(=O)C1(C[C@H]2OC(C)(C)O[C@H]2[C@H](OC(C)=O)[C@H]2COC(C)(C)O2)SCc2cc(C)c(C)cc2CS1. The van der Waals surface area contributed by atoms with Crippen molar-refractivity contribution >= 4 is 35.5 Å². The molecule has 4 atom stereocenters. The molecule has 0 aromatic heterocycles. The van der Waals surface area contributed by atoms with Gasteiger partial charge in [-0.1, -0.05) is 12.1 Å². The van der Waals surface area contributed by atoms with Gasteiger partial charge in [-0.3, -0.25) is 4.79 Å². The Hall–Kier alpha value is -1.30. The van der Waals surface area contributed by atoms with Gasteiger partial charge in [-0.05, 0) is 63.8 Å². The summed E-state index contributed by atoms with van der Waals surface area (Å²) in [6, 6.07) is 4.42. The maximum Gasteiger partial charge on any atom is 0.332 e. The molecule has 0 spiro atoms. The molecule has 10 heteroatoms. The van der Waals surface area contributed by atoms with Crippen LogP contribution in [0.25, 0.3) is 0 Å². The van der Waals surface area contributed by atoms with Gasteiger partial charge in [0.25, 0.3) is 0 Å². The zero-order valence-corrected chi connectivity index (χ0v) is 24.5. The molecule has 8 nitrogen and oxygen atoms in total. The van der Waals surface area contributed by atoms with Gasteiger partial charge in [-0.15, -0.1) is 23.5 Å². The number of carbonyl (C=O) groups excluding carboxylic acids is 2. The van der Waals surface area contributed by atoms with Gasteiger partial charge in [-0.25, -0.2) is 4.79 Å². The van der Waals surface area contributed by atoms with Gasteiger partial charge in [0.05, 0.1) is 19.8 Å². The predicted octanol–water partition coefficient (Wildman–Crippen LogP) is 4.65. The van der Waals surface area contributed by atoms with Crippen molar-refractivity contribution in [2.24, 2.45) is 0 Å². The van der Waals surface area contributed by atoms with Gasteiger partial charge in [0.1, 0.15) is 12.2 Å². The van der Waals surface area contributed by atoms with E-state index in [4.69, 9.17) is 28.4 Å². The Morgan fingerprint density at radius 3 is 2.08 bits per heavy atom. The van der Waals surface area contributed by atoms with Crippen molar-refractivity contribution in [1.29, 1.82) is 0 Å². The maximum atomic E-state index is 13.4. The number of thioether (sulfide) groups is 2. The Labute approximate surface area is 227 Å². The topological polar surface area (TPSA) is 89.5 Å². The van der Waals surface area contributed by atoms with Crippen LogP contribution in [0.1, 0.15) is 63.3 Å². The highest BCUT2D eigenvalue weighted by atomic mass is 32.2. The number of methoxy groups -OCH3 is 1. The molecule has 2 saturated heterocycles. The van der Waals surface area contributed by atoms with Crippen LogP contribution in [0, 0.1) is 13.8 Å². The van der Waals surface area contributed by atoms with E-state index in [1.807, 2.05) is 27.7 Å². The lowest BCUT2D eigenvalue weighted by atomic mass is 9.99. The number of fused-ring (bicyclic) bond motifs is 1. The third-order valence-electron chi connectivity index (χ3n) is 6.95. The smallest absolute Gasteiger partial charge is 0.332 e. The van der Waals surface area contributed by atoms with E-state index in [0.717, 1.165) is 0 Å². The summed E-state index contributed by atoms with van der Waals surface area (Å²) in [5, 5.41) is 0. The average Bonchev–Trinajstić information content (AvgIpc) is 3.26. The fourth-order valence-corrected chi connectivity index (χ4v) is 8.07. The Bertz CT molecular complexity index is 1010. The van der Waals surface area contributed by atoms with E-state index in [9.17, 15) is 9.59 Å². The van der Waals surface area contributed by atoms with Crippen LogP contribution < -0.4 is 0 Å². The number of rotatable bonds is 6. The number of carbonyl (C=O) groups is 2. The molecule has 4 rings (SSSR count). The van der Waals surface area contributed by atoms with Crippen LogP contribution >= 0.6 is 23.5 Å². The van der Waals surface area contributed by atoms with E-state index in [-0.39, 0.29) is 12.6 Å². The Balaban J connectivity index is 1.64. The minimum atomic E-state index is -0.947. The summed E-state index contributed by atoms with van der Waals surface area (Å²) in [4.78, 5) is 25.5. The molecule has 2 fully saturated rings. The minimum absolute atomic E-state index is 0.248. The predicted molar refractivity (Wildman–Crippen MR) is 142 cm³/mol. The molecule has 3 aliphatic heterocycles. The maximum absolute atomic E-state index is 13.4. The summed E-state index contributed by atoms with van der Waals surface area (Å²) in [5.41, 5.74) is 4.91. The molecule has 0 aliphatic carbocycles. The van der Waals surface area contributed by atoms with E-state index < -0.39 is 46.0 Å². The lowest BCUT2D eigenvalue weighted by molar-refractivity contribution is -0.193. The summed E-state index contributed by atoms with van der Waals surface area (Å²) in [6.45, 7) is 13.1. The van der Waals surface area contributed by atoms with Crippen molar-refractivity contribution in [3.8, 4) is 0 Å². The highest BCUT2D eigenvalue weighted by Crippen LogP contribution is 2.51. The highest BCUT2D eigenvalue weighted by Gasteiger charge is 2.56. The molecule has 0 bridgehead atoms. The van der Waals surface area contributed by atoms with Gasteiger partial charge in [0.2, 0.25) is 0 Å². The fourth-order valence-electron chi connectivity index (χ4n) is 5.10. The van der Waals surface area contributed by atoms with E-state index in [1.165, 1.54) is 36.3 Å². The lowest BCUT2D eigenvalue weighted by Crippen LogP contribution is -2.49.